The topological polar surface area (TPSA) is 124 Å². The standard InChI is InChI=1S/C31H28F2N10O2/c1-19-23(18-35-40(19)2)21-8-9-26-24(16-21)36-29(45-26)22-10-11-34-25(17-22)30(44)42-14-12-41(13-15-42)27(20-6-4-3-5-7-20)28-37-39-43(38-28)31(32)33/h3-11,16-18,27,31H,12-15H2,1-2H3/t27-/m0/s1. The van der Waals surface area contributed by atoms with Crippen LogP contribution in [-0.4, -0.2) is 81.8 Å². The van der Waals surface area contributed by atoms with Crippen molar-refractivity contribution in [3.63, 3.8) is 0 Å². The number of amides is 1. The van der Waals surface area contributed by atoms with Crippen LogP contribution in [0.3, 0.4) is 0 Å². The molecule has 0 unspecified atom stereocenters. The lowest BCUT2D eigenvalue weighted by Gasteiger charge is -2.38. The smallest absolute Gasteiger partial charge is 0.350 e. The van der Waals surface area contributed by atoms with E-state index in [0.717, 1.165) is 22.4 Å². The van der Waals surface area contributed by atoms with E-state index in [-0.39, 0.29) is 17.4 Å². The first-order valence-electron chi connectivity index (χ1n) is 14.4. The fourth-order valence-electron chi connectivity index (χ4n) is 5.61. The molecule has 0 saturated carbocycles. The van der Waals surface area contributed by atoms with Crippen LogP contribution in [0.25, 0.3) is 33.7 Å². The van der Waals surface area contributed by atoms with Crippen LogP contribution in [0, 0.1) is 6.92 Å². The van der Waals surface area contributed by atoms with E-state index in [4.69, 9.17) is 9.40 Å². The molecule has 1 amide bonds. The Hall–Kier alpha value is -5.37. The van der Waals surface area contributed by atoms with Gasteiger partial charge in [-0.15, -0.1) is 10.2 Å². The van der Waals surface area contributed by atoms with Crippen LogP contribution in [0.2, 0.25) is 0 Å². The van der Waals surface area contributed by atoms with Gasteiger partial charge in [-0.2, -0.15) is 13.9 Å². The molecule has 0 N–H and O–H groups in total. The Balaban J connectivity index is 1.08. The molecular formula is C31H28F2N10O2. The van der Waals surface area contributed by atoms with Gasteiger partial charge in [0.25, 0.3) is 5.91 Å². The first-order valence-corrected chi connectivity index (χ1v) is 14.4. The highest BCUT2D eigenvalue weighted by Gasteiger charge is 2.32. The Morgan fingerprint density at radius 1 is 0.978 bits per heavy atom. The Morgan fingerprint density at radius 2 is 1.78 bits per heavy atom. The molecule has 14 heteroatoms. The van der Waals surface area contributed by atoms with Gasteiger partial charge in [-0.3, -0.25) is 19.4 Å². The molecule has 0 aliphatic carbocycles. The van der Waals surface area contributed by atoms with Gasteiger partial charge in [0.1, 0.15) is 11.2 Å². The highest BCUT2D eigenvalue weighted by Crippen LogP contribution is 2.31. The normalized spacial score (nSPS) is 14.8. The van der Waals surface area contributed by atoms with Crippen LogP contribution in [-0.2, 0) is 7.05 Å². The van der Waals surface area contributed by atoms with Crippen molar-refractivity contribution in [2.24, 2.45) is 7.05 Å². The number of aromatic nitrogens is 8. The van der Waals surface area contributed by atoms with Gasteiger partial charge < -0.3 is 9.32 Å². The number of alkyl halides is 2. The van der Waals surface area contributed by atoms with Gasteiger partial charge in [0.15, 0.2) is 11.4 Å². The van der Waals surface area contributed by atoms with E-state index >= 15 is 0 Å². The largest absolute Gasteiger partial charge is 0.436 e. The van der Waals surface area contributed by atoms with Gasteiger partial charge in [-0.25, -0.2) is 4.98 Å². The quantitative estimate of drug-likeness (QED) is 0.257. The number of fused-ring (bicyclic) bond motifs is 1. The van der Waals surface area contributed by atoms with E-state index in [9.17, 15) is 13.6 Å². The van der Waals surface area contributed by atoms with Gasteiger partial charge in [-0.05, 0) is 47.5 Å². The maximum absolute atomic E-state index is 13.6. The van der Waals surface area contributed by atoms with E-state index < -0.39 is 12.6 Å². The average molecular weight is 611 g/mol. The number of benzene rings is 2. The van der Waals surface area contributed by atoms with Crippen molar-refractivity contribution >= 4 is 17.0 Å². The maximum Gasteiger partial charge on any atom is 0.350 e. The number of piperazine rings is 1. The van der Waals surface area contributed by atoms with Crippen molar-refractivity contribution in [1.82, 2.24) is 49.8 Å². The first-order chi connectivity index (χ1) is 21.9. The predicted molar refractivity (Wildman–Crippen MR) is 159 cm³/mol. The highest BCUT2D eigenvalue weighted by molar-refractivity contribution is 5.93. The molecule has 1 aliphatic rings. The Labute approximate surface area is 255 Å². The summed E-state index contributed by atoms with van der Waals surface area (Å²) in [6, 6.07) is 18.2. The second kappa shape index (κ2) is 11.6. The van der Waals surface area contributed by atoms with Gasteiger partial charge in [0.05, 0.1) is 12.2 Å². The van der Waals surface area contributed by atoms with Crippen molar-refractivity contribution in [2.75, 3.05) is 26.2 Å². The number of tetrazole rings is 1. The van der Waals surface area contributed by atoms with Crippen molar-refractivity contribution in [1.29, 1.82) is 0 Å². The van der Waals surface area contributed by atoms with Gasteiger partial charge in [0.2, 0.25) is 5.89 Å². The molecule has 1 saturated heterocycles. The molecule has 0 bridgehead atoms. The van der Waals surface area contributed by atoms with Crippen molar-refractivity contribution < 1.29 is 18.0 Å². The van der Waals surface area contributed by atoms with Crippen LogP contribution in [0.4, 0.5) is 8.78 Å². The molecule has 6 aromatic rings. The number of carbonyl (C=O) groups excluding carboxylic acids is 1. The Kier molecular flexibility index (Phi) is 7.33. The number of aryl methyl sites for hydroxylation is 1. The summed E-state index contributed by atoms with van der Waals surface area (Å²) in [4.78, 5) is 26.7. The average Bonchev–Trinajstić information content (AvgIpc) is 3.81. The molecule has 12 nitrogen and oxygen atoms in total. The lowest BCUT2D eigenvalue weighted by Crippen LogP contribution is -2.50. The zero-order valence-electron chi connectivity index (χ0n) is 24.5. The number of nitrogens with zero attached hydrogens (tertiary/aromatic N) is 10. The Morgan fingerprint density at radius 3 is 2.49 bits per heavy atom. The van der Waals surface area contributed by atoms with Crippen LogP contribution < -0.4 is 0 Å². The lowest BCUT2D eigenvalue weighted by atomic mass is 10.0. The minimum absolute atomic E-state index is 0.177. The molecule has 2 aromatic carbocycles. The third-order valence-corrected chi connectivity index (χ3v) is 8.10. The first kappa shape index (κ1) is 28.4. The summed E-state index contributed by atoms with van der Waals surface area (Å²) in [6.45, 7) is 0.865. The fraction of sp³-hybridized carbons (Fsp3) is 0.258. The van der Waals surface area contributed by atoms with E-state index in [0.29, 0.717) is 53.5 Å². The summed E-state index contributed by atoms with van der Waals surface area (Å²) in [6.07, 6.45) is 3.40. The SMILES string of the molecule is Cc1c(-c2ccc3oc(-c4ccnc(C(=O)N5CCN([C@@H](c6ccccc6)c6nnn(C(F)F)n6)CC5)c4)nc3c2)cnn1C. The number of hydrogen-bond donors (Lipinski definition) is 0. The van der Waals surface area contributed by atoms with Gasteiger partial charge in [0, 0.05) is 56.2 Å². The highest BCUT2D eigenvalue weighted by atomic mass is 19.3. The van der Waals surface area contributed by atoms with Gasteiger partial charge >= 0.3 is 6.55 Å². The number of carbonyl (C=O) groups is 1. The predicted octanol–water partition coefficient (Wildman–Crippen LogP) is 4.53. The Bertz CT molecular complexity index is 1980. The summed E-state index contributed by atoms with van der Waals surface area (Å²) in [5.41, 5.74) is 6.14. The third kappa shape index (κ3) is 5.44. The number of halogens is 2. The number of rotatable bonds is 7. The van der Waals surface area contributed by atoms with E-state index in [1.165, 1.54) is 0 Å². The van der Waals surface area contributed by atoms with E-state index in [2.05, 4.69) is 30.4 Å². The fourth-order valence-corrected chi connectivity index (χ4v) is 5.61. The second-order valence-corrected chi connectivity index (χ2v) is 10.8. The molecule has 5 heterocycles. The van der Waals surface area contributed by atoms with Crippen molar-refractivity contribution in [3.8, 4) is 22.6 Å². The summed E-state index contributed by atoms with van der Waals surface area (Å²) >= 11 is 0. The summed E-state index contributed by atoms with van der Waals surface area (Å²) in [5.74, 6) is 0.345. The van der Waals surface area contributed by atoms with Crippen LogP contribution >= 0.6 is 0 Å². The minimum Gasteiger partial charge on any atom is -0.436 e. The molecule has 4 aromatic heterocycles. The molecule has 1 atom stereocenters. The van der Waals surface area contributed by atoms with Crippen LogP contribution in [0.1, 0.15) is 40.2 Å². The molecule has 0 radical (unpaired) electrons. The molecule has 1 aliphatic heterocycles. The summed E-state index contributed by atoms with van der Waals surface area (Å²) in [7, 11) is 1.90. The maximum atomic E-state index is 13.6. The zero-order chi connectivity index (χ0) is 31.1. The molecule has 0 spiro atoms. The zero-order valence-corrected chi connectivity index (χ0v) is 24.5. The van der Waals surface area contributed by atoms with Crippen LogP contribution in [0.5, 0.6) is 0 Å². The summed E-state index contributed by atoms with van der Waals surface area (Å²) < 4.78 is 34.3. The molecule has 1 fully saturated rings. The van der Waals surface area contributed by atoms with Crippen LogP contribution in [0.15, 0.2) is 77.5 Å². The monoisotopic (exact) mass is 610 g/mol. The molecule has 45 heavy (non-hydrogen) atoms. The van der Waals surface area contributed by atoms with E-state index in [1.54, 1.807) is 23.2 Å². The van der Waals surface area contributed by atoms with E-state index in [1.807, 2.05) is 73.4 Å². The van der Waals surface area contributed by atoms with Crippen molar-refractivity contribution in [3.05, 3.63) is 95.8 Å². The third-order valence-electron chi connectivity index (χ3n) is 8.10. The summed E-state index contributed by atoms with van der Waals surface area (Å²) in [5, 5.41) is 15.7. The molecule has 7 rings (SSSR count). The number of oxazole rings is 1. The minimum atomic E-state index is -2.89. The molecular weight excluding hydrogens is 582 g/mol. The molecule has 228 valence electrons. The van der Waals surface area contributed by atoms with Gasteiger partial charge in [-0.1, -0.05) is 41.2 Å². The lowest BCUT2D eigenvalue weighted by molar-refractivity contribution is 0.0385. The number of hydrogen-bond acceptors (Lipinski definition) is 9. The van der Waals surface area contributed by atoms with Crippen molar-refractivity contribution in [2.45, 2.75) is 19.5 Å². The number of pyridine rings is 1. The second-order valence-electron chi connectivity index (χ2n) is 10.8.